The molecule has 0 amide bonds. The zero-order chi connectivity index (χ0) is 11.3. The number of allylic oxidation sites excluding steroid dienone is 2. The molecule has 0 aromatic heterocycles. The summed E-state index contributed by atoms with van der Waals surface area (Å²) in [6.07, 6.45) is 5.02. The molecule has 0 unspecified atom stereocenters. The highest BCUT2D eigenvalue weighted by Crippen LogP contribution is 2.33. The molecule has 0 aliphatic rings. The van der Waals surface area contributed by atoms with Crippen LogP contribution < -0.4 is 9.47 Å². The van der Waals surface area contributed by atoms with E-state index < -0.39 is 0 Å². The van der Waals surface area contributed by atoms with Gasteiger partial charge in [0.25, 0.3) is 0 Å². The zero-order valence-corrected chi connectivity index (χ0v) is 10.8. The lowest BCUT2D eigenvalue weighted by atomic mass is 10.1. The Morgan fingerprint density at radius 1 is 1.20 bits per heavy atom. The molecule has 0 heterocycles. The summed E-state index contributed by atoms with van der Waals surface area (Å²) in [6.45, 7) is 2.01. The predicted octanol–water partition coefficient (Wildman–Crippen LogP) is 3.58. The van der Waals surface area contributed by atoms with E-state index in [9.17, 15) is 0 Å². The molecule has 0 aliphatic heterocycles. The Morgan fingerprint density at radius 2 is 1.80 bits per heavy atom. The summed E-state index contributed by atoms with van der Waals surface area (Å²) >= 11 is 3.51. The quantitative estimate of drug-likeness (QED) is 0.779. The molecule has 0 spiro atoms. The van der Waals surface area contributed by atoms with Crippen LogP contribution in [0.1, 0.15) is 12.5 Å². The number of ether oxygens (including phenoxy) is 2. The maximum atomic E-state index is 5.24. The molecule has 0 radical (unpaired) electrons. The van der Waals surface area contributed by atoms with Gasteiger partial charge in [-0.1, -0.05) is 28.1 Å². The van der Waals surface area contributed by atoms with Crippen molar-refractivity contribution in [1.82, 2.24) is 0 Å². The molecule has 0 bridgehead atoms. The summed E-state index contributed by atoms with van der Waals surface area (Å²) < 4.78 is 11.5. The number of hydrogen-bond donors (Lipinski definition) is 0. The van der Waals surface area contributed by atoms with E-state index in [0.717, 1.165) is 22.4 Å². The van der Waals surface area contributed by atoms with Gasteiger partial charge >= 0.3 is 0 Å². The fourth-order valence-electron chi connectivity index (χ4n) is 1.30. The molecular weight excluding hydrogens is 256 g/mol. The van der Waals surface area contributed by atoms with E-state index in [0.29, 0.717) is 0 Å². The minimum absolute atomic E-state index is 0.744. The Morgan fingerprint density at radius 3 is 2.33 bits per heavy atom. The van der Waals surface area contributed by atoms with Crippen molar-refractivity contribution in [3.63, 3.8) is 0 Å². The maximum Gasteiger partial charge on any atom is 0.161 e. The molecule has 0 saturated carbocycles. The molecule has 0 saturated heterocycles. The molecule has 3 heteroatoms. The molecule has 0 aliphatic carbocycles. The van der Waals surface area contributed by atoms with E-state index >= 15 is 0 Å². The third kappa shape index (κ3) is 2.99. The van der Waals surface area contributed by atoms with Gasteiger partial charge in [-0.05, 0) is 31.0 Å². The first-order valence-corrected chi connectivity index (χ1v) is 5.53. The molecule has 1 aromatic carbocycles. The van der Waals surface area contributed by atoms with Crippen LogP contribution in [0.3, 0.4) is 0 Å². The number of benzene rings is 1. The van der Waals surface area contributed by atoms with Crippen molar-refractivity contribution in [3.8, 4) is 11.5 Å². The Balaban J connectivity index is 3.07. The molecule has 1 aromatic rings. The summed E-state index contributed by atoms with van der Waals surface area (Å²) in [5, 5.41) is 0. The fraction of sp³-hybridized carbons (Fsp3) is 0.333. The lowest BCUT2D eigenvalue weighted by Gasteiger charge is -2.10. The first-order chi connectivity index (χ1) is 7.22. The Kier molecular flexibility index (Phi) is 4.69. The van der Waals surface area contributed by atoms with Gasteiger partial charge in [-0.15, -0.1) is 0 Å². The SMILES string of the molecule is C/C=C/Cc1cc(OC)c(OC)cc1Br. The van der Waals surface area contributed by atoms with E-state index in [4.69, 9.17) is 9.47 Å². The van der Waals surface area contributed by atoms with Crippen molar-refractivity contribution in [2.24, 2.45) is 0 Å². The van der Waals surface area contributed by atoms with E-state index in [-0.39, 0.29) is 0 Å². The molecule has 0 atom stereocenters. The topological polar surface area (TPSA) is 18.5 Å². The molecule has 0 fully saturated rings. The molecule has 2 nitrogen and oxygen atoms in total. The third-order valence-corrected chi connectivity index (χ3v) is 2.86. The van der Waals surface area contributed by atoms with Gasteiger partial charge in [-0.2, -0.15) is 0 Å². The van der Waals surface area contributed by atoms with Gasteiger partial charge in [0, 0.05) is 4.47 Å². The van der Waals surface area contributed by atoms with Crippen molar-refractivity contribution in [2.75, 3.05) is 14.2 Å². The van der Waals surface area contributed by atoms with Crippen LogP contribution in [0.2, 0.25) is 0 Å². The first kappa shape index (κ1) is 12.1. The highest BCUT2D eigenvalue weighted by Gasteiger charge is 2.08. The molecular formula is C12H15BrO2. The van der Waals surface area contributed by atoms with Crippen molar-refractivity contribution in [3.05, 3.63) is 34.3 Å². The lowest BCUT2D eigenvalue weighted by molar-refractivity contribution is 0.354. The van der Waals surface area contributed by atoms with Crippen LogP contribution in [0.4, 0.5) is 0 Å². The average Bonchev–Trinajstić information content (AvgIpc) is 2.27. The largest absolute Gasteiger partial charge is 0.493 e. The zero-order valence-electron chi connectivity index (χ0n) is 9.21. The average molecular weight is 271 g/mol. The smallest absolute Gasteiger partial charge is 0.161 e. The van der Waals surface area contributed by atoms with Crippen LogP contribution >= 0.6 is 15.9 Å². The number of rotatable bonds is 4. The minimum Gasteiger partial charge on any atom is -0.493 e. The summed E-state index contributed by atoms with van der Waals surface area (Å²) in [5.41, 5.74) is 1.19. The van der Waals surface area contributed by atoms with E-state index in [1.807, 2.05) is 25.1 Å². The van der Waals surface area contributed by atoms with Crippen molar-refractivity contribution in [1.29, 1.82) is 0 Å². The van der Waals surface area contributed by atoms with Gasteiger partial charge in [0.2, 0.25) is 0 Å². The van der Waals surface area contributed by atoms with Crippen LogP contribution in [0, 0.1) is 0 Å². The summed E-state index contributed by atoms with van der Waals surface area (Å²) in [5.74, 6) is 1.51. The predicted molar refractivity (Wildman–Crippen MR) is 65.8 cm³/mol. The van der Waals surface area contributed by atoms with Crippen LogP contribution in [0.25, 0.3) is 0 Å². The summed E-state index contributed by atoms with van der Waals surface area (Å²) in [7, 11) is 3.28. The van der Waals surface area contributed by atoms with Gasteiger partial charge in [0.05, 0.1) is 14.2 Å². The molecule has 0 N–H and O–H groups in total. The van der Waals surface area contributed by atoms with Gasteiger partial charge < -0.3 is 9.47 Å². The number of hydrogen-bond acceptors (Lipinski definition) is 2. The van der Waals surface area contributed by atoms with Crippen LogP contribution in [-0.4, -0.2) is 14.2 Å². The normalized spacial score (nSPS) is 10.7. The van der Waals surface area contributed by atoms with Gasteiger partial charge in [0.15, 0.2) is 11.5 Å². The Labute approximate surface area is 99.0 Å². The van der Waals surface area contributed by atoms with Crippen LogP contribution in [0.5, 0.6) is 11.5 Å². The van der Waals surface area contributed by atoms with Crippen LogP contribution in [0.15, 0.2) is 28.8 Å². The third-order valence-electron chi connectivity index (χ3n) is 2.13. The van der Waals surface area contributed by atoms with Gasteiger partial charge in [-0.3, -0.25) is 0 Å². The van der Waals surface area contributed by atoms with E-state index in [1.54, 1.807) is 14.2 Å². The van der Waals surface area contributed by atoms with Crippen molar-refractivity contribution < 1.29 is 9.47 Å². The summed E-state index contributed by atoms with van der Waals surface area (Å²) in [6, 6.07) is 3.92. The second-order valence-corrected chi connectivity index (χ2v) is 3.93. The van der Waals surface area contributed by atoms with E-state index in [2.05, 4.69) is 22.0 Å². The molecule has 15 heavy (non-hydrogen) atoms. The molecule has 82 valence electrons. The lowest BCUT2D eigenvalue weighted by Crippen LogP contribution is -1.93. The highest BCUT2D eigenvalue weighted by atomic mass is 79.9. The highest BCUT2D eigenvalue weighted by molar-refractivity contribution is 9.10. The monoisotopic (exact) mass is 270 g/mol. The van der Waals surface area contributed by atoms with Gasteiger partial charge in [-0.25, -0.2) is 0 Å². The van der Waals surface area contributed by atoms with Crippen molar-refractivity contribution >= 4 is 15.9 Å². The number of methoxy groups -OCH3 is 2. The maximum absolute atomic E-state index is 5.24. The Bertz CT molecular complexity index is 359. The second kappa shape index (κ2) is 5.81. The number of halogens is 1. The fourth-order valence-corrected chi connectivity index (χ4v) is 1.78. The van der Waals surface area contributed by atoms with Crippen molar-refractivity contribution in [2.45, 2.75) is 13.3 Å². The minimum atomic E-state index is 0.744. The standard InChI is InChI=1S/C12H15BrO2/c1-4-5-6-9-7-11(14-2)12(15-3)8-10(9)13/h4-5,7-8H,6H2,1-3H3/b5-4+. The second-order valence-electron chi connectivity index (χ2n) is 3.07. The van der Waals surface area contributed by atoms with Gasteiger partial charge in [0.1, 0.15) is 0 Å². The van der Waals surface area contributed by atoms with E-state index in [1.165, 1.54) is 5.56 Å². The molecule has 1 rings (SSSR count). The van der Waals surface area contributed by atoms with Crippen LogP contribution in [-0.2, 0) is 6.42 Å². The summed E-state index contributed by atoms with van der Waals surface area (Å²) in [4.78, 5) is 0. The Hall–Kier alpha value is -0.960. The first-order valence-electron chi connectivity index (χ1n) is 4.74.